The van der Waals surface area contributed by atoms with Crippen molar-refractivity contribution in [3.05, 3.63) is 65.0 Å². The van der Waals surface area contributed by atoms with E-state index in [1.165, 1.54) is 11.1 Å². The number of hydrogen-bond acceptors (Lipinski definition) is 2. The van der Waals surface area contributed by atoms with Gasteiger partial charge in [-0.1, -0.05) is 24.3 Å². The smallest absolute Gasteiger partial charge is 0.246 e. The van der Waals surface area contributed by atoms with E-state index in [-0.39, 0.29) is 6.54 Å². The maximum absolute atomic E-state index is 13.7. The van der Waals surface area contributed by atoms with Crippen molar-refractivity contribution in [1.82, 2.24) is 10.2 Å². The molecule has 28 heavy (non-hydrogen) atoms. The Morgan fingerprint density at radius 2 is 1.86 bits per heavy atom. The fourth-order valence-corrected chi connectivity index (χ4v) is 3.06. The second kappa shape index (κ2) is 8.77. The predicted molar refractivity (Wildman–Crippen MR) is 101 cm³/mol. The van der Waals surface area contributed by atoms with Crippen LogP contribution in [0.15, 0.2) is 41.4 Å². The van der Waals surface area contributed by atoms with E-state index in [0.29, 0.717) is 19.0 Å². The number of benzene rings is 2. The molecule has 2 N–H and O–H groups in total. The van der Waals surface area contributed by atoms with Gasteiger partial charge in [0, 0.05) is 19.6 Å². The summed E-state index contributed by atoms with van der Waals surface area (Å²) in [5, 5.41) is 5.36. The maximum Gasteiger partial charge on any atom is 0.246 e. The zero-order valence-corrected chi connectivity index (χ0v) is 15.4. The zero-order chi connectivity index (χ0) is 20.1. The van der Waals surface area contributed by atoms with Gasteiger partial charge >= 0.3 is 0 Å². The Bertz CT molecular complexity index is 901. The molecule has 2 aromatic carbocycles. The summed E-state index contributed by atoms with van der Waals surface area (Å²) in [7, 11) is 0. The number of carbonyl (C=O) groups excluding carboxylic acids is 1. The molecule has 0 aliphatic carbocycles. The molecule has 1 aliphatic heterocycles. The van der Waals surface area contributed by atoms with Gasteiger partial charge in [-0.2, -0.15) is 0 Å². The quantitative estimate of drug-likeness (QED) is 0.479. The van der Waals surface area contributed by atoms with E-state index < -0.39 is 29.0 Å². The minimum absolute atomic E-state index is 0.279. The molecule has 0 aromatic heterocycles. The van der Waals surface area contributed by atoms with Crippen LogP contribution in [-0.4, -0.2) is 36.4 Å². The number of rotatable bonds is 4. The van der Waals surface area contributed by atoms with Crippen LogP contribution in [0.5, 0.6) is 0 Å². The number of nitrogens with one attached hydrogen (secondary N) is 2. The molecule has 2 aromatic rings. The Hall–Kier alpha value is -3.03. The Morgan fingerprint density at radius 3 is 2.61 bits per heavy atom. The summed E-state index contributed by atoms with van der Waals surface area (Å²) >= 11 is 0. The first-order chi connectivity index (χ1) is 13.5. The third kappa shape index (κ3) is 4.44. The Labute approximate surface area is 161 Å². The van der Waals surface area contributed by atoms with E-state index in [9.17, 15) is 18.0 Å². The molecule has 8 heteroatoms. The van der Waals surface area contributed by atoms with Gasteiger partial charge in [-0.3, -0.25) is 4.79 Å². The number of aliphatic imine (C=N–C) groups is 1. The van der Waals surface area contributed by atoms with Crippen LogP contribution in [0.2, 0.25) is 0 Å². The second-order valence-electron chi connectivity index (χ2n) is 6.38. The van der Waals surface area contributed by atoms with Crippen molar-refractivity contribution < 1.29 is 18.0 Å². The van der Waals surface area contributed by atoms with Gasteiger partial charge in [0.15, 0.2) is 23.4 Å². The lowest BCUT2D eigenvalue weighted by molar-refractivity contribution is -0.114. The molecule has 5 nitrogen and oxygen atoms in total. The molecule has 0 radical (unpaired) electrons. The van der Waals surface area contributed by atoms with Crippen LogP contribution in [0.25, 0.3) is 0 Å². The lowest BCUT2D eigenvalue weighted by Crippen LogP contribution is -2.44. The summed E-state index contributed by atoms with van der Waals surface area (Å²) in [5.74, 6) is -4.43. The number of halogens is 3. The summed E-state index contributed by atoms with van der Waals surface area (Å²) in [5.41, 5.74) is 2.07. The number of fused-ring (bicyclic) bond motifs is 1. The normalized spacial score (nSPS) is 13.9. The van der Waals surface area contributed by atoms with E-state index in [2.05, 4.69) is 27.8 Å². The number of guanidine groups is 1. The fourth-order valence-electron chi connectivity index (χ4n) is 3.06. The van der Waals surface area contributed by atoms with Crippen LogP contribution in [0.3, 0.4) is 0 Å². The number of hydrogen-bond donors (Lipinski definition) is 2. The summed E-state index contributed by atoms with van der Waals surface area (Å²) in [6.07, 6.45) is 0.868. The van der Waals surface area contributed by atoms with Crippen molar-refractivity contribution in [2.75, 3.05) is 25.0 Å². The van der Waals surface area contributed by atoms with E-state index in [4.69, 9.17) is 0 Å². The number of amides is 1. The Morgan fingerprint density at radius 1 is 1.11 bits per heavy atom. The maximum atomic E-state index is 13.7. The molecule has 0 saturated carbocycles. The molecular formula is C20H21F3N4O. The molecule has 0 fully saturated rings. The van der Waals surface area contributed by atoms with Crippen LogP contribution in [0.1, 0.15) is 18.1 Å². The number of anilines is 1. The first-order valence-corrected chi connectivity index (χ1v) is 9.03. The van der Waals surface area contributed by atoms with Gasteiger partial charge in [-0.15, -0.1) is 0 Å². The highest BCUT2D eigenvalue weighted by molar-refractivity contribution is 5.94. The number of nitrogens with zero attached hydrogens (tertiary/aromatic N) is 2. The number of carbonyl (C=O) groups is 1. The highest BCUT2D eigenvalue weighted by atomic mass is 19.2. The van der Waals surface area contributed by atoms with E-state index in [1.54, 1.807) is 0 Å². The molecule has 0 bridgehead atoms. The molecule has 1 amide bonds. The van der Waals surface area contributed by atoms with Crippen LogP contribution in [0, 0.1) is 17.5 Å². The largest absolute Gasteiger partial charge is 0.356 e. The van der Waals surface area contributed by atoms with Crippen molar-refractivity contribution in [1.29, 1.82) is 0 Å². The standard InChI is InChI=1S/C20H21F3N4O/c1-2-24-20(27-10-9-13-5-3-4-6-14(13)12-27)25-11-17(28)26-16-8-7-15(21)18(22)19(16)23/h3-8H,2,9-12H2,1H3,(H,24,25)(H,26,28). The molecule has 0 atom stereocenters. The van der Waals surface area contributed by atoms with Crippen molar-refractivity contribution in [3.63, 3.8) is 0 Å². The molecule has 3 rings (SSSR count). The van der Waals surface area contributed by atoms with Gasteiger partial charge in [0.25, 0.3) is 0 Å². The van der Waals surface area contributed by atoms with Crippen molar-refractivity contribution in [3.8, 4) is 0 Å². The molecule has 0 spiro atoms. The monoisotopic (exact) mass is 390 g/mol. The average molecular weight is 390 g/mol. The minimum atomic E-state index is -1.62. The molecule has 0 saturated heterocycles. The second-order valence-corrected chi connectivity index (χ2v) is 6.38. The summed E-state index contributed by atoms with van der Waals surface area (Å²) in [6, 6.07) is 9.88. The molecule has 1 aliphatic rings. The van der Waals surface area contributed by atoms with Gasteiger partial charge in [0.05, 0.1) is 5.69 Å². The van der Waals surface area contributed by atoms with E-state index in [1.807, 2.05) is 24.0 Å². The zero-order valence-electron chi connectivity index (χ0n) is 15.4. The minimum Gasteiger partial charge on any atom is -0.356 e. The molecular weight excluding hydrogens is 369 g/mol. The van der Waals surface area contributed by atoms with Gasteiger partial charge in [-0.05, 0) is 36.6 Å². The fraction of sp³-hybridized carbons (Fsp3) is 0.300. The van der Waals surface area contributed by atoms with Gasteiger partial charge in [0.2, 0.25) is 5.91 Å². The first-order valence-electron chi connectivity index (χ1n) is 9.03. The van der Waals surface area contributed by atoms with Crippen molar-refractivity contribution in [2.45, 2.75) is 19.9 Å². The predicted octanol–water partition coefficient (Wildman–Crippen LogP) is 3.07. The summed E-state index contributed by atoms with van der Waals surface area (Å²) in [6.45, 7) is 3.68. The van der Waals surface area contributed by atoms with Gasteiger partial charge in [-0.25, -0.2) is 18.2 Å². The molecule has 148 valence electrons. The third-order valence-electron chi connectivity index (χ3n) is 4.45. The van der Waals surface area contributed by atoms with Gasteiger partial charge in [0.1, 0.15) is 6.54 Å². The van der Waals surface area contributed by atoms with Crippen LogP contribution < -0.4 is 10.6 Å². The molecule has 1 heterocycles. The van der Waals surface area contributed by atoms with Crippen LogP contribution in [0.4, 0.5) is 18.9 Å². The van der Waals surface area contributed by atoms with Crippen molar-refractivity contribution >= 4 is 17.6 Å². The summed E-state index contributed by atoms with van der Waals surface area (Å²) in [4.78, 5) is 18.4. The van der Waals surface area contributed by atoms with Gasteiger partial charge < -0.3 is 15.5 Å². The van der Waals surface area contributed by atoms with Crippen LogP contribution in [-0.2, 0) is 17.8 Å². The Kier molecular flexibility index (Phi) is 6.18. The molecule has 0 unspecified atom stereocenters. The highest BCUT2D eigenvalue weighted by Crippen LogP contribution is 2.20. The Balaban J connectivity index is 1.68. The van der Waals surface area contributed by atoms with Crippen LogP contribution >= 0.6 is 0 Å². The lowest BCUT2D eigenvalue weighted by atomic mass is 10.0. The topological polar surface area (TPSA) is 56.7 Å². The SMILES string of the molecule is CCNC(=NCC(=O)Nc1ccc(F)c(F)c1F)N1CCc2ccccc2C1. The third-order valence-corrected chi connectivity index (χ3v) is 4.45. The lowest BCUT2D eigenvalue weighted by Gasteiger charge is -2.31. The highest BCUT2D eigenvalue weighted by Gasteiger charge is 2.19. The first kappa shape index (κ1) is 19.7. The van der Waals surface area contributed by atoms with Crippen molar-refractivity contribution in [2.24, 2.45) is 4.99 Å². The average Bonchev–Trinajstić information content (AvgIpc) is 2.71. The summed E-state index contributed by atoms with van der Waals surface area (Å²) < 4.78 is 39.9. The van der Waals surface area contributed by atoms with E-state index in [0.717, 1.165) is 25.1 Å². The van der Waals surface area contributed by atoms with E-state index >= 15 is 0 Å².